The Hall–Kier alpha value is -1.35. The van der Waals surface area contributed by atoms with E-state index in [-0.39, 0.29) is 17.6 Å². The molecule has 1 saturated heterocycles. The highest BCUT2D eigenvalue weighted by Gasteiger charge is 2.31. The fourth-order valence-corrected chi connectivity index (χ4v) is 6.30. The van der Waals surface area contributed by atoms with Crippen LogP contribution < -0.4 is 5.32 Å². The lowest BCUT2D eigenvalue weighted by molar-refractivity contribution is -0.125. The highest BCUT2D eigenvalue weighted by atomic mass is 79.9. The van der Waals surface area contributed by atoms with E-state index in [1.807, 2.05) is 42.5 Å². The van der Waals surface area contributed by atoms with E-state index in [0.717, 1.165) is 21.5 Å². The molecule has 30 heavy (non-hydrogen) atoms. The van der Waals surface area contributed by atoms with Crippen LogP contribution in [0.25, 0.3) is 0 Å². The van der Waals surface area contributed by atoms with Crippen molar-refractivity contribution in [2.45, 2.75) is 24.3 Å². The van der Waals surface area contributed by atoms with Gasteiger partial charge in [-0.05, 0) is 36.1 Å². The van der Waals surface area contributed by atoms with Crippen LogP contribution in [-0.4, -0.2) is 44.0 Å². The lowest BCUT2D eigenvalue weighted by Crippen LogP contribution is -2.43. The quantitative estimate of drug-likeness (QED) is 0.517. The molecule has 1 amide bonds. The van der Waals surface area contributed by atoms with Gasteiger partial charge in [0.25, 0.3) is 0 Å². The Kier molecular flexibility index (Phi) is 8.80. The lowest BCUT2D eigenvalue weighted by atomic mass is 9.97. The second-order valence-electron chi connectivity index (χ2n) is 7.39. The average Bonchev–Trinajstić information content (AvgIpc) is 2.74. The van der Waals surface area contributed by atoms with Gasteiger partial charge in [-0.15, -0.1) is 0 Å². The number of thioether (sulfide) groups is 1. The Labute approximate surface area is 191 Å². The maximum Gasteiger partial charge on any atom is 0.223 e. The van der Waals surface area contributed by atoms with Gasteiger partial charge >= 0.3 is 0 Å². The van der Waals surface area contributed by atoms with Crippen LogP contribution in [0.1, 0.15) is 24.0 Å². The first kappa shape index (κ1) is 23.3. The maximum absolute atomic E-state index is 12.7. The number of hydrogen-bond acceptors (Lipinski definition) is 4. The van der Waals surface area contributed by atoms with Crippen LogP contribution in [0.4, 0.5) is 0 Å². The molecule has 0 bridgehead atoms. The van der Waals surface area contributed by atoms with Crippen molar-refractivity contribution < 1.29 is 13.2 Å². The first-order valence-electron chi connectivity index (χ1n) is 10.1. The van der Waals surface area contributed by atoms with Gasteiger partial charge < -0.3 is 5.32 Å². The number of piperidine rings is 1. The zero-order chi connectivity index (χ0) is 21.4. The maximum atomic E-state index is 12.7. The van der Waals surface area contributed by atoms with Crippen molar-refractivity contribution in [2.24, 2.45) is 5.92 Å². The first-order chi connectivity index (χ1) is 14.4. The molecule has 0 radical (unpaired) electrons. The van der Waals surface area contributed by atoms with E-state index in [1.165, 1.54) is 9.87 Å². The smallest absolute Gasteiger partial charge is 0.223 e. The fourth-order valence-electron chi connectivity index (χ4n) is 3.48. The van der Waals surface area contributed by atoms with Crippen LogP contribution >= 0.6 is 27.7 Å². The molecule has 1 heterocycles. The molecule has 1 N–H and O–H groups in total. The van der Waals surface area contributed by atoms with Gasteiger partial charge in [-0.2, -0.15) is 11.8 Å². The zero-order valence-corrected chi connectivity index (χ0v) is 20.0. The summed E-state index contributed by atoms with van der Waals surface area (Å²) >= 11 is 5.17. The largest absolute Gasteiger partial charge is 0.355 e. The summed E-state index contributed by atoms with van der Waals surface area (Å²) < 4.78 is 27.8. The van der Waals surface area contributed by atoms with E-state index in [0.29, 0.717) is 32.5 Å². The van der Waals surface area contributed by atoms with E-state index >= 15 is 0 Å². The predicted octanol–water partition coefficient (Wildman–Crippen LogP) is 4.04. The molecule has 2 aromatic carbocycles. The molecule has 1 aliphatic heterocycles. The number of carbonyl (C=O) groups excluding carboxylic acids is 1. The van der Waals surface area contributed by atoms with Crippen LogP contribution in [0.3, 0.4) is 0 Å². The first-order valence-corrected chi connectivity index (χ1v) is 13.6. The summed E-state index contributed by atoms with van der Waals surface area (Å²) in [5.74, 6) is 1.72. The van der Waals surface area contributed by atoms with Gasteiger partial charge in [-0.1, -0.05) is 58.4 Å². The van der Waals surface area contributed by atoms with Gasteiger partial charge in [-0.25, -0.2) is 12.7 Å². The van der Waals surface area contributed by atoms with Crippen molar-refractivity contribution in [2.75, 3.05) is 25.4 Å². The number of sulfonamides is 1. The zero-order valence-electron chi connectivity index (χ0n) is 16.8. The van der Waals surface area contributed by atoms with Crippen LogP contribution in [0.15, 0.2) is 59.1 Å². The molecule has 1 fully saturated rings. The number of nitrogens with zero attached hydrogens (tertiary/aromatic N) is 1. The highest BCUT2D eigenvalue weighted by molar-refractivity contribution is 9.10. The summed E-state index contributed by atoms with van der Waals surface area (Å²) in [6.07, 6.45) is 1.14. The molecule has 162 valence electrons. The van der Waals surface area contributed by atoms with Crippen LogP contribution in [0.5, 0.6) is 0 Å². The monoisotopic (exact) mass is 510 g/mol. The van der Waals surface area contributed by atoms with Crippen molar-refractivity contribution in [3.63, 3.8) is 0 Å². The van der Waals surface area contributed by atoms with Crippen LogP contribution in [-0.2, 0) is 26.3 Å². The van der Waals surface area contributed by atoms with Crippen molar-refractivity contribution in [1.29, 1.82) is 0 Å². The van der Waals surface area contributed by atoms with Crippen molar-refractivity contribution in [1.82, 2.24) is 9.62 Å². The number of nitrogens with one attached hydrogen (secondary N) is 1. The number of hydrogen-bond donors (Lipinski definition) is 1. The van der Waals surface area contributed by atoms with E-state index < -0.39 is 10.0 Å². The Bertz CT molecular complexity index is 930. The second kappa shape index (κ2) is 11.3. The summed E-state index contributed by atoms with van der Waals surface area (Å²) in [6, 6.07) is 17.6. The van der Waals surface area contributed by atoms with Gasteiger partial charge in [0, 0.05) is 41.5 Å². The number of amides is 1. The fraction of sp³-hybridized carbons (Fsp3) is 0.409. The molecule has 8 heteroatoms. The third kappa shape index (κ3) is 7.11. The van der Waals surface area contributed by atoms with Gasteiger partial charge in [-0.3, -0.25) is 4.79 Å². The average molecular weight is 512 g/mol. The molecule has 1 aliphatic rings. The standard InChI is InChI=1S/C22H27BrN2O3S2/c23-21-8-4-7-19(15-21)17-30(27,28)25-12-9-20(10-13-25)22(26)24-11-14-29-16-18-5-2-1-3-6-18/h1-8,15,20H,9-14,16-17H2,(H,24,26). The van der Waals surface area contributed by atoms with Gasteiger partial charge in [0.2, 0.25) is 15.9 Å². The van der Waals surface area contributed by atoms with Crippen molar-refractivity contribution >= 4 is 43.6 Å². The Morgan fingerprint density at radius 1 is 1.07 bits per heavy atom. The summed E-state index contributed by atoms with van der Waals surface area (Å²) in [6.45, 7) is 1.44. The van der Waals surface area contributed by atoms with Crippen LogP contribution in [0, 0.1) is 5.92 Å². The molecule has 0 atom stereocenters. The molecule has 0 aliphatic carbocycles. The topological polar surface area (TPSA) is 66.5 Å². The molecule has 2 aromatic rings. The molecule has 5 nitrogen and oxygen atoms in total. The Balaban J connectivity index is 1.37. The summed E-state index contributed by atoms with van der Waals surface area (Å²) in [4.78, 5) is 12.4. The number of rotatable bonds is 9. The molecule has 0 spiro atoms. The van der Waals surface area contributed by atoms with E-state index in [1.54, 1.807) is 11.8 Å². The third-order valence-corrected chi connectivity index (χ3v) is 8.49. The van der Waals surface area contributed by atoms with E-state index in [2.05, 4.69) is 33.4 Å². The Morgan fingerprint density at radius 2 is 1.77 bits per heavy atom. The van der Waals surface area contributed by atoms with Crippen molar-refractivity contribution in [3.8, 4) is 0 Å². The summed E-state index contributed by atoms with van der Waals surface area (Å²) in [5.41, 5.74) is 2.04. The lowest BCUT2D eigenvalue weighted by Gasteiger charge is -2.30. The van der Waals surface area contributed by atoms with Gasteiger partial charge in [0.1, 0.15) is 0 Å². The molecule has 3 rings (SSSR count). The molecular formula is C22H27BrN2O3S2. The minimum atomic E-state index is -3.38. The normalized spacial score (nSPS) is 15.8. The van der Waals surface area contributed by atoms with E-state index in [4.69, 9.17) is 0 Å². The third-order valence-electron chi connectivity index (χ3n) is 5.11. The minimum absolute atomic E-state index is 0.0120. The second-order valence-corrected chi connectivity index (χ2v) is 11.4. The molecule has 0 aromatic heterocycles. The van der Waals surface area contributed by atoms with Crippen LogP contribution in [0.2, 0.25) is 0 Å². The SMILES string of the molecule is O=C(NCCSCc1ccccc1)C1CCN(S(=O)(=O)Cc2cccc(Br)c2)CC1. The minimum Gasteiger partial charge on any atom is -0.355 e. The molecular weight excluding hydrogens is 484 g/mol. The number of benzene rings is 2. The Morgan fingerprint density at radius 3 is 2.47 bits per heavy atom. The van der Waals surface area contributed by atoms with Gasteiger partial charge in [0.15, 0.2) is 0 Å². The molecule has 0 unspecified atom stereocenters. The van der Waals surface area contributed by atoms with E-state index in [9.17, 15) is 13.2 Å². The van der Waals surface area contributed by atoms with Crippen molar-refractivity contribution in [3.05, 3.63) is 70.2 Å². The van der Waals surface area contributed by atoms with Gasteiger partial charge in [0.05, 0.1) is 5.75 Å². The number of halogens is 1. The number of carbonyl (C=O) groups is 1. The summed E-state index contributed by atoms with van der Waals surface area (Å²) in [7, 11) is -3.38. The predicted molar refractivity (Wildman–Crippen MR) is 127 cm³/mol. The summed E-state index contributed by atoms with van der Waals surface area (Å²) in [5, 5.41) is 3.01. The molecule has 0 saturated carbocycles. The highest BCUT2D eigenvalue weighted by Crippen LogP contribution is 2.23.